The van der Waals surface area contributed by atoms with Gasteiger partial charge in [-0.3, -0.25) is 4.79 Å². The molecule has 0 aliphatic rings. The van der Waals surface area contributed by atoms with E-state index in [2.05, 4.69) is 20.5 Å². The molecule has 2 rings (SSSR count). The van der Waals surface area contributed by atoms with Crippen molar-refractivity contribution < 1.29 is 4.79 Å². The van der Waals surface area contributed by atoms with Gasteiger partial charge in [-0.25, -0.2) is 10.2 Å². The minimum Gasteiger partial charge on any atom is -0.310 e. The molecule has 0 saturated carbocycles. The first-order valence-corrected chi connectivity index (χ1v) is 6.10. The van der Waals surface area contributed by atoms with Crippen LogP contribution in [0.2, 0.25) is 5.02 Å². The van der Waals surface area contributed by atoms with Crippen molar-refractivity contribution in [2.45, 2.75) is 6.92 Å². The quantitative estimate of drug-likeness (QED) is 0.663. The van der Waals surface area contributed by atoms with E-state index in [0.717, 1.165) is 0 Å². The van der Waals surface area contributed by atoms with Crippen LogP contribution in [-0.4, -0.2) is 22.1 Å². The third-order valence-electron chi connectivity index (χ3n) is 2.39. The minimum atomic E-state index is -0.578. The first-order chi connectivity index (χ1) is 9.56. The molecule has 6 nitrogen and oxygen atoms in total. The molecule has 0 saturated heterocycles. The zero-order valence-electron chi connectivity index (χ0n) is 10.6. The van der Waals surface area contributed by atoms with E-state index in [1.165, 1.54) is 12.3 Å². The summed E-state index contributed by atoms with van der Waals surface area (Å²) in [5, 5.41) is 4.30. The molecule has 1 aromatic carbocycles. The average Bonchev–Trinajstić information content (AvgIpc) is 2.39. The fraction of sp³-hybridized carbons (Fsp3) is 0.0769. The fourth-order valence-corrected chi connectivity index (χ4v) is 1.68. The molecule has 0 aliphatic carbocycles. The van der Waals surface area contributed by atoms with Gasteiger partial charge in [0.2, 0.25) is 0 Å². The van der Waals surface area contributed by atoms with E-state index >= 15 is 0 Å². The van der Waals surface area contributed by atoms with Gasteiger partial charge in [0.05, 0.1) is 6.21 Å². The Morgan fingerprint density at radius 2 is 2.20 bits per heavy atom. The Kier molecular flexibility index (Phi) is 4.27. The summed E-state index contributed by atoms with van der Waals surface area (Å²) in [5.41, 5.74) is 2.93. The van der Waals surface area contributed by atoms with Crippen LogP contribution in [0.25, 0.3) is 0 Å². The van der Waals surface area contributed by atoms with Crippen LogP contribution in [0.1, 0.15) is 21.7 Å². The normalized spacial score (nSPS) is 10.7. The van der Waals surface area contributed by atoms with Crippen LogP contribution in [0, 0.1) is 6.92 Å². The molecule has 0 bridgehead atoms. The van der Waals surface area contributed by atoms with Crippen molar-refractivity contribution in [1.82, 2.24) is 15.4 Å². The largest absolute Gasteiger partial charge is 0.345 e. The Morgan fingerprint density at radius 3 is 2.90 bits per heavy atom. The molecule has 2 aromatic rings. The maximum atomic E-state index is 11.8. The number of H-pyrrole nitrogens is 1. The van der Waals surface area contributed by atoms with Crippen LogP contribution in [0.5, 0.6) is 0 Å². The number of rotatable bonds is 3. The summed E-state index contributed by atoms with van der Waals surface area (Å²) in [6, 6.07) is 8.53. The number of halogens is 1. The van der Waals surface area contributed by atoms with Crippen LogP contribution in [0.3, 0.4) is 0 Å². The van der Waals surface area contributed by atoms with Gasteiger partial charge in [-0.05, 0) is 19.1 Å². The highest BCUT2D eigenvalue weighted by molar-refractivity contribution is 6.33. The predicted octanol–water partition coefficient (Wildman–Crippen LogP) is 1.50. The molecular weight excluding hydrogens is 280 g/mol. The summed E-state index contributed by atoms with van der Waals surface area (Å²) < 4.78 is 0. The summed E-state index contributed by atoms with van der Waals surface area (Å²) >= 11 is 5.94. The van der Waals surface area contributed by atoms with Gasteiger partial charge in [0.25, 0.3) is 5.91 Å². The zero-order chi connectivity index (χ0) is 14.5. The first-order valence-electron chi connectivity index (χ1n) is 5.72. The van der Waals surface area contributed by atoms with Crippen molar-refractivity contribution >= 4 is 23.7 Å². The van der Waals surface area contributed by atoms with Crippen molar-refractivity contribution in [3.8, 4) is 0 Å². The molecule has 0 radical (unpaired) electrons. The molecule has 20 heavy (non-hydrogen) atoms. The van der Waals surface area contributed by atoms with Crippen LogP contribution in [0.4, 0.5) is 0 Å². The third-order valence-corrected chi connectivity index (χ3v) is 2.73. The van der Waals surface area contributed by atoms with E-state index in [-0.39, 0.29) is 5.69 Å². The summed E-state index contributed by atoms with van der Waals surface area (Å²) in [7, 11) is 0. The van der Waals surface area contributed by atoms with Gasteiger partial charge >= 0.3 is 5.69 Å². The monoisotopic (exact) mass is 290 g/mol. The second kappa shape index (κ2) is 6.12. The lowest BCUT2D eigenvalue weighted by molar-refractivity contribution is 0.0949. The van der Waals surface area contributed by atoms with Crippen LogP contribution < -0.4 is 11.1 Å². The molecule has 102 valence electrons. The first kappa shape index (κ1) is 14.0. The Labute approximate surface area is 119 Å². The van der Waals surface area contributed by atoms with Gasteiger partial charge in [-0.1, -0.05) is 29.8 Å². The van der Waals surface area contributed by atoms with Crippen LogP contribution >= 0.6 is 11.6 Å². The summed E-state index contributed by atoms with van der Waals surface area (Å²) in [5.74, 6) is -0.567. The van der Waals surface area contributed by atoms with Gasteiger partial charge in [0, 0.05) is 16.3 Å². The maximum Gasteiger partial charge on any atom is 0.345 e. The van der Waals surface area contributed by atoms with E-state index in [0.29, 0.717) is 16.3 Å². The van der Waals surface area contributed by atoms with Crippen molar-refractivity contribution in [3.63, 3.8) is 0 Å². The third kappa shape index (κ3) is 3.52. The number of amides is 1. The molecule has 1 amide bonds. The highest BCUT2D eigenvalue weighted by atomic mass is 35.5. The van der Waals surface area contributed by atoms with Crippen molar-refractivity contribution in [1.29, 1.82) is 0 Å². The molecule has 7 heteroatoms. The molecule has 0 spiro atoms. The van der Waals surface area contributed by atoms with Gasteiger partial charge in [-0.15, -0.1) is 0 Å². The number of nitrogens with one attached hydrogen (secondary N) is 2. The van der Waals surface area contributed by atoms with Gasteiger partial charge in [-0.2, -0.15) is 10.1 Å². The highest BCUT2D eigenvalue weighted by Gasteiger charge is 2.07. The Morgan fingerprint density at radius 1 is 1.45 bits per heavy atom. The summed E-state index contributed by atoms with van der Waals surface area (Å²) in [4.78, 5) is 28.9. The zero-order valence-corrected chi connectivity index (χ0v) is 11.3. The number of nitrogens with zero attached hydrogens (tertiary/aromatic N) is 2. The number of aromatic amines is 1. The van der Waals surface area contributed by atoms with E-state index in [9.17, 15) is 9.59 Å². The second-order valence-electron chi connectivity index (χ2n) is 3.98. The molecular formula is C13H11ClN4O2. The topological polar surface area (TPSA) is 87.2 Å². The highest BCUT2D eigenvalue weighted by Crippen LogP contribution is 2.11. The lowest BCUT2D eigenvalue weighted by Crippen LogP contribution is -2.24. The Hall–Kier alpha value is -2.47. The minimum absolute atomic E-state index is 0.00237. The van der Waals surface area contributed by atoms with E-state index in [1.807, 2.05) is 0 Å². The fourth-order valence-electron chi connectivity index (χ4n) is 1.49. The molecule has 0 fully saturated rings. The number of aromatic nitrogens is 2. The van der Waals surface area contributed by atoms with E-state index in [4.69, 9.17) is 11.6 Å². The standard InChI is InChI=1S/C13H11ClN4O2/c1-8-6-11(17-13(20)16-8)12(19)18-15-7-9-4-2-3-5-10(9)14/h2-7H,1H3,(H,18,19)(H,16,17,20)/b15-7+. The predicted molar refractivity (Wildman–Crippen MR) is 76.1 cm³/mol. The van der Waals surface area contributed by atoms with E-state index < -0.39 is 11.6 Å². The van der Waals surface area contributed by atoms with Crippen LogP contribution in [0.15, 0.2) is 40.2 Å². The molecule has 2 N–H and O–H groups in total. The lowest BCUT2D eigenvalue weighted by atomic mass is 10.2. The number of benzene rings is 1. The molecule has 1 aromatic heterocycles. The number of hydrogen-bond acceptors (Lipinski definition) is 4. The maximum absolute atomic E-state index is 11.8. The molecule has 1 heterocycles. The number of carbonyl (C=O) groups excluding carboxylic acids is 1. The van der Waals surface area contributed by atoms with Crippen molar-refractivity contribution in [2.24, 2.45) is 5.10 Å². The van der Waals surface area contributed by atoms with Gasteiger partial charge in [0.15, 0.2) is 0 Å². The number of hydrogen-bond donors (Lipinski definition) is 2. The summed E-state index contributed by atoms with van der Waals surface area (Å²) in [6.45, 7) is 1.66. The van der Waals surface area contributed by atoms with Gasteiger partial charge < -0.3 is 4.98 Å². The lowest BCUT2D eigenvalue weighted by Gasteiger charge is -2.00. The van der Waals surface area contributed by atoms with Gasteiger partial charge in [0.1, 0.15) is 5.69 Å². The van der Waals surface area contributed by atoms with E-state index in [1.54, 1.807) is 31.2 Å². The second-order valence-corrected chi connectivity index (χ2v) is 4.38. The van der Waals surface area contributed by atoms with Crippen LogP contribution in [-0.2, 0) is 0 Å². The van der Waals surface area contributed by atoms with Crippen molar-refractivity contribution in [2.75, 3.05) is 0 Å². The molecule has 0 atom stereocenters. The number of aryl methyl sites for hydroxylation is 1. The summed E-state index contributed by atoms with van der Waals surface area (Å²) in [6.07, 6.45) is 1.42. The number of hydrazone groups is 1. The SMILES string of the molecule is Cc1cc(C(=O)N/N=C/c2ccccc2Cl)nc(=O)[nH]1. The molecule has 0 unspecified atom stereocenters. The number of carbonyl (C=O) groups is 1. The molecule has 0 aliphatic heterocycles. The smallest absolute Gasteiger partial charge is 0.310 e. The Balaban J connectivity index is 2.09. The van der Waals surface area contributed by atoms with Crippen molar-refractivity contribution in [3.05, 3.63) is 62.8 Å². The Bertz CT molecular complexity index is 724. The average molecular weight is 291 g/mol.